The summed E-state index contributed by atoms with van der Waals surface area (Å²) < 4.78 is 5.00. The second-order valence-corrected chi connectivity index (χ2v) is 3.19. The average molecular weight is 200 g/mol. The number of nitro groups is 1. The number of hydrogen-bond donors (Lipinski definition) is 0. The summed E-state index contributed by atoms with van der Waals surface area (Å²) in [5.74, 6) is 0. The molecular weight excluding hydrogens is 194 g/mol. The zero-order valence-corrected chi connectivity index (χ0v) is 7.32. The molecule has 0 spiro atoms. The first-order valence-corrected chi connectivity index (χ1v) is 4.12. The highest BCUT2D eigenvalue weighted by Crippen LogP contribution is 2.36. The molecule has 4 nitrogen and oxygen atoms in total. The predicted octanol–water partition coefficient (Wildman–Crippen LogP) is 2.32. The van der Waals surface area contributed by atoms with Crippen LogP contribution in [-0.2, 0) is 4.74 Å². The molecule has 1 aromatic rings. The van der Waals surface area contributed by atoms with Gasteiger partial charge < -0.3 is 4.74 Å². The molecule has 0 amide bonds. The third kappa shape index (κ3) is 1.64. The van der Waals surface area contributed by atoms with Crippen LogP contribution >= 0.6 is 11.6 Å². The Morgan fingerprint density at radius 1 is 1.62 bits per heavy atom. The fourth-order valence-electron chi connectivity index (χ4n) is 1.12. The van der Waals surface area contributed by atoms with Gasteiger partial charge in [-0.15, -0.1) is 0 Å². The normalized spacial score (nSPS) is 19.9. The van der Waals surface area contributed by atoms with Crippen molar-refractivity contribution in [1.29, 1.82) is 0 Å². The zero-order valence-electron chi connectivity index (χ0n) is 6.57. The van der Waals surface area contributed by atoms with E-state index in [9.17, 15) is 10.1 Å². The topological polar surface area (TPSA) is 55.7 Å². The van der Waals surface area contributed by atoms with Crippen molar-refractivity contribution in [3.63, 3.8) is 0 Å². The van der Waals surface area contributed by atoms with Crippen LogP contribution in [0.25, 0.3) is 0 Å². The van der Waals surface area contributed by atoms with E-state index in [-0.39, 0.29) is 11.8 Å². The molecule has 1 fully saturated rings. The monoisotopic (exact) mass is 199 g/mol. The second-order valence-electron chi connectivity index (χ2n) is 2.78. The van der Waals surface area contributed by atoms with Crippen LogP contribution < -0.4 is 0 Å². The molecule has 1 aliphatic rings. The molecular formula is C8H6ClNO3. The highest BCUT2D eigenvalue weighted by atomic mass is 35.5. The lowest BCUT2D eigenvalue weighted by Gasteiger charge is -1.98. The lowest BCUT2D eigenvalue weighted by molar-refractivity contribution is -0.384. The highest BCUT2D eigenvalue weighted by molar-refractivity contribution is 6.31. The zero-order chi connectivity index (χ0) is 9.42. The number of nitro benzene ring substituents is 1. The second kappa shape index (κ2) is 2.97. The SMILES string of the molecule is O=[N+]([O-])c1ccc(Cl)c([C@@H]2CO2)c1. The summed E-state index contributed by atoms with van der Waals surface area (Å²) in [6.45, 7) is 0.598. The standard InChI is InChI=1S/C8H6ClNO3/c9-7-2-1-5(10(11)12)3-6(7)8-4-13-8/h1-3,8H,4H2/t8-/m0/s1. The molecule has 2 rings (SSSR count). The number of rotatable bonds is 2. The van der Waals surface area contributed by atoms with Crippen molar-refractivity contribution in [1.82, 2.24) is 0 Å². The molecule has 0 unspecified atom stereocenters. The minimum atomic E-state index is -0.442. The van der Waals surface area contributed by atoms with Gasteiger partial charge in [-0.2, -0.15) is 0 Å². The van der Waals surface area contributed by atoms with Crippen molar-refractivity contribution in [2.45, 2.75) is 6.10 Å². The summed E-state index contributed by atoms with van der Waals surface area (Å²) in [6, 6.07) is 4.37. The Morgan fingerprint density at radius 3 is 2.85 bits per heavy atom. The maximum Gasteiger partial charge on any atom is 0.269 e. The first-order chi connectivity index (χ1) is 6.18. The van der Waals surface area contributed by atoms with Gasteiger partial charge in [-0.1, -0.05) is 11.6 Å². The molecule has 1 saturated heterocycles. The van der Waals surface area contributed by atoms with E-state index in [0.717, 1.165) is 0 Å². The van der Waals surface area contributed by atoms with Gasteiger partial charge >= 0.3 is 0 Å². The van der Waals surface area contributed by atoms with Crippen LogP contribution in [0.5, 0.6) is 0 Å². The van der Waals surface area contributed by atoms with Crippen molar-refractivity contribution < 1.29 is 9.66 Å². The Labute approximate surface area is 79.2 Å². The number of non-ortho nitro benzene ring substituents is 1. The van der Waals surface area contributed by atoms with Crippen LogP contribution in [0.3, 0.4) is 0 Å². The molecule has 1 aromatic carbocycles. The van der Waals surface area contributed by atoms with E-state index in [2.05, 4.69) is 0 Å². The summed E-state index contributed by atoms with van der Waals surface area (Å²) in [5.41, 5.74) is 0.755. The fourth-order valence-corrected chi connectivity index (χ4v) is 1.36. The van der Waals surface area contributed by atoms with Gasteiger partial charge in [0.25, 0.3) is 5.69 Å². The quantitative estimate of drug-likeness (QED) is 0.417. The van der Waals surface area contributed by atoms with Gasteiger partial charge in [0, 0.05) is 22.7 Å². The number of benzene rings is 1. The van der Waals surface area contributed by atoms with Crippen molar-refractivity contribution in [2.75, 3.05) is 6.61 Å². The smallest absolute Gasteiger partial charge is 0.269 e. The third-order valence-corrected chi connectivity index (χ3v) is 2.21. The van der Waals surface area contributed by atoms with Gasteiger partial charge in [-0.3, -0.25) is 10.1 Å². The summed E-state index contributed by atoms with van der Waals surface area (Å²) in [5, 5.41) is 11.0. The minimum Gasteiger partial charge on any atom is -0.368 e. The van der Waals surface area contributed by atoms with E-state index in [1.54, 1.807) is 0 Å². The molecule has 68 valence electrons. The molecule has 5 heteroatoms. The average Bonchev–Trinajstić information content (AvgIpc) is 2.87. The minimum absolute atomic E-state index is 0.0487. The molecule has 1 atom stereocenters. The van der Waals surface area contributed by atoms with E-state index < -0.39 is 4.92 Å². The predicted molar refractivity (Wildman–Crippen MR) is 46.8 cm³/mol. The molecule has 0 saturated carbocycles. The molecule has 0 aromatic heterocycles. The number of hydrogen-bond acceptors (Lipinski definition) is 3. The van der Waals surface area contributed by atoms with Gasteiger partial charge in [-0.25, -0.2) is 0 Å². The van der Waals surface area contributed by atoms with Gasteiger partial charge in [0.15, 0.2) is 0 Å². The van der Waals surface area contributed by atoms with Gasteiger partial charge in [0.05, 0.1) is 11.5 Å². The van der Waals surface area contributed by atoms with Crippen molar-refractivity contribution in [3.05, 3.63) is 38.9 Å². The van der Waals surface area contributed by atoms with Crippen LogP contribution in [0.4, 0.5) is 5.69 Å². The molecule has 1 heterocycles. The number of halogens is 1. The number of nitrogens with zero attached hydrogens (tertiary/aromatic N) is 1. The Balaban J connectivity index is 2.41. The van der Waals surface area contributed by atoms with Gasteiger partial charge in [0.1, 0.15) is 6.10 Å². The van der Waals surface area contributed by atoms with E-state index >= 15 is 0 Å². The van der Waals surface area contributed by atoms with E-state index in [1.807, 2.05) is 0 Å². The van der Waals surface area contributed by atoms with Gasteiger partial charge in [-0.05, 0) is 6.07 Å². The van der Waals surface area contributed by atoms with E-state index in [1.165, 1.54) is 18.2 Å². The van der Waals surface area contributed by atoms with Crippen LogP contribution in [-0.4, -0.2) is 11.5 Å². The van der Waals surface area contributed by atoms with Crippen LogP contribution in [0.1, 0.15) is 11.7 Å². The summed E-state index contributed by atoms with van der Waals surface area (Å²) >= 11 is 5.83. The van der Waals surface area contributed by atoms with Crippen LogP contribution in [0, 0.1) is 10.1 Å². The van der Waals surface area contributed by atoms with Crippen molar-refractivity contribution in [3.8, 4) is 0 Å². The largest absolute Gasteiger partial charge is 0.368 e. The molecule has 1 aliphatic heterocycles. The maximum atomic E-state index is 10.4. The maximum absolute atomic E-state index is 10.4. The Hall–Kier alpha value is -1.13. The van der Waals surface area contributed by atoms with E-state index in [0.29, 0.717) is 17.2 Å². The third-order valence-electron chi connectivity index (χ3n) is 1.87. The van der Waals surface area contributed by atoms with Gasteiger partial charge in [0.2, 0.25) is 0 Å². The molecule has 0 bridgehead atoms. The van der Waals surface area contributed by atoms with Crippen molar-refractivity contribution in [2.24, 2.45) is 0 Å². The number of epoxide rings is 1. The Kier molecular flexibility index (Phi) is 1.94. The molecule has 13 heavy (non-hydrogen) atoms. The van der Waals surface area contributed by atoms with Crippen LogP contribution in [0.2, 0.25) is 5.02 Å². The molecule has 0 N–H and O–H groups in total. The fraction of sp³-hybridized carbons (Fsp3) is 0.250. The lowest BCUT2D eigenvalue weighted by atomic mass is 10.1. The van der Waals surface area contributed by atoms with E-state index in [4.69, 9.17) is 16.3 Å². The summed E-state index contributed by atoms with van der Waals surface area (Å²) in [4.78, 5) is 9.99. The lowest BCUT2D eigenvalue weighted by Crippen LogP contribution is -1.90. The number of ether oxygens (including phenoxy) is 1. The molecule has 0 aliphatic carbocycles. The Bertz CT molecular complexity index is 362. The van der Waals surface area contributed by atoms with Crippen LogP contribution in [0.15, 0.2) is 18.2 Å². The molecule has 0 radical (unpaired) electrons. The first-order valence-electron chi connectivity index (χ1n) is 3.74. The summed E-state index contributed by atoms with van der Waals surface area (Å²) in [7, 11) is 0. The first kappa shape index (κ1) is 8.47. The summed E-state index contributed by atoms with van der Waals surface area (Å²) in [6.07, 6.45) is -0.0487. The highest BCUT2D eigenvalue weighted by Gasteiger charge is 2.28. The Morgan fingerprint density at radius 2 is 2.31 bits per heavy atom. The van der Waals surface area contributed by atoms with Crippen molar-refractivity contribution >= 4 is 17.3 Å².